The summed E-state index contributed by atoms with van der Waals surface area (Å²) in [4.78, 5) is 12.5. The second-order valence-electron chi connectivity index (χ2n) is 8.56. The highest BCUT2D eigenvalue weighted by molar-refractivity contribution is 5.39. The zero-order valence-corrected chi connectivity index (χ0v) is 16.1. The molecular formula is C21H30FN5. The molecule has 2 aliphatic heterocycles. The van der Waals surface area contributed by atoms with Crippen LogP contribution in [0, 0.1) is 5.82 Å². The molecule has 4 heterocycles. The SMILES string of the molecule is Fc1ccc2nc(CN3CC(N4CCN(C5CCCCC5)CC4)C3)cn2c1. The quantitative estimate of drug-likeness (QED) is 0.826. The van der Waals surface area contributed by atoms with Crippen molar-refractivity contribution in [1.82, 2.24) is 24.1 Å². The van der Waals surface area contributed by atoms with E-state index in [-0.39, 0.29) is 5.82 Å². The van der Waals surface area contributed by atoms with Gasteiger partial charge in [-0.15, -0.1) is 0 Å². The number of hydrogen-bond donors (Lipinski definition) is 0. The van der Waals surface area contributed by atoms with Gasteiger partial charge >= 0.3 is 0 Å². The maximum absolute atomic E-state index is 13.3. The van der Waals surface area contributed by atoms with Crippen molar-refractivity contribution in [3.05, 3.63) is 36.0 Å². The smallest absolute Gasteiger partial charge is 0.139 e. The summed E-state index contributed by atoms with van der Waals surface area (Å²) in [5.74, 6) is -0.220. The predicted octanol–water partition coefficient (Wildman–Crippen LogP) is 2.61. The minimum absolute atomic E-state index is 0.220. The van der Waals surface area contributed by atoms with Crippen molar-refractivity contribution in [3.8, 4) is 0 Å². The maximum atomic E-state index is 13.3. The molecule has 146 valence electrons. The van der Waals surface area contributed by atoms with Crippen LogP contribution in [0.15, 0.2) is 24.5 Å². The summed E-state index contributed by atoms with van der Waals surface area (Å²) < 4.78 is 15.1. The van der Waals surface area contributed by atoms with Crippen LogP contribution in [-0.2, 0) is 6.54 Å². The molecule has 5 nitrogen and oxygen atoms in total. The molecule has 3 aliphatic rings. The molecule has 0 aromatic carbocycles. The number of piperazine rings is 1. The third-order valence-electron chi connectivity index (χ3n) is 6.74. The van der Waals surface area contributed by atoms with E-state index < -0.39 is 0 Å². The minimum atomic E-state index is -0.220. The molecule has 1 saturated carbocycles. The Hall–Kier alpha value is -1.50. The molecule has 2 saturated heterocycles. The highest BCUT2D eigenvalue weighted by Crippen LogP contribution is 2.25. The van der Waals surface area contributed by atoms with E-state index >= 15 is 0 Å². The second-order valence-corrected chi connectivity index (χ2v) is 8.56. The third-order valence-corrected chi connectivity index (χ3v) is 6.74. The molecule has 1 aliphatic carbocycles. The normalized spacial score (nSPS) is 24.5. The number of rotatable bonds is 4. The highest BCUT2D eigenvalue weighted by atomic mass is 19.1. The molecule has 0 N–H and O–H groups in total. The molecule has 0 radical (unpaired) electrons. The average molecular weight is 372 g/mol. The van der Waals surface area contributed by atoms with Gasteiger partial charge in [0.2, 0.25) is 0 Å². The van der Waals surface area contributed by atoms with Crippen LogP contribution < -0.4 is 0 Å². The van der Waals surface area contributed by atoms with E-state index in [9.17, 15) is 4.39 Å². The summed E-state index contributed by atoms with van der Waals surface area (Å²) >= 11 is 0. The summed E-state index contributed by atoms with van der Waals surface area (Å²) in [6.45, 7) is 8.07. The largest absolute Gasteiger partial charge is 0.304 e. The van der Waals surface area contributed by atoms with E-state index in [1.807, 2.05) is 6.20 Å². The van der Waals surface area contributed by atoms with Crippen molar-refractivity contribution < 1.29 is 4.39 Å². The van der Waals surface area contributed by atoms with E-state index in [0.29, 0.717) is 6.04 Å². The molecule has 0 atom stereocenters. The lowest BCUT2D eigenvalue weighted by Gasteiger charge is -2.49. The van der Waals surface area contributed by atoms with Crippen LogP contribution in [0.3, 0.4) is 0 Å². The summed E-state index contributed by atoms with van der Waals surface area (Å²) in [5, 5.41) is 0. The van der Waals surface area contributed by atoms with Gasteiger partial charge in [0, 0.05) is 70.3 Å². The van der Waals surface area contributed by atoms with Gasteiger partial charge in [-0.1, -0.05) is 19.3 Å². The fourth-order valence-electron chi connectivity index (χ4n) is 5.14. The third kappa shape index (κ3) is 3.75. The average Bonchev–Trinajstić information content (AvgIpc) is 3.07. The van der Waals surface area contributed by atoms with Crippen molar-refractivity contribution in [3.63, 3.8) is 0 Å². The van der Waals surface area contributed by atoms with Crippen LogP contribution in [0.5, 0.6) is 0 Å². The molecule has 6 heteroatoms. The van der Waals surface area contributed by atoms with E-state index in [4.69, 9.17) is 0 Å². The number of hydrogen-bond acceptors (Lipinski definition) is 4. The first-order valence-corrected chi connectivity index (χ1v) is 10.6. The number of fused-ring (bicyclic) bond motifs is 1. The minimum Gasteiger partial charge on any atom is -0.304 e. The van der Waals surface area contributed by atoms with Crippen LogP contribution in [0.2, 0.25) is 0 Å². The van der Waals surface area contributed by atoms with E-state index in [0.717, 1.165) is 37.0 Å². The van der Waals surface area contributed by atoms with Crippen LogP contribution in [0.25, 0.3) is 5.65 Å². The van der Waals surface area contributed by atoms with Gasteiger partial charge < -0.3 is 4.40 Å². The van der Waals surface area contributed by atoms with Gasteiger partial charge in [0.25, 0.3) is 0 Å². The molecule has 0 bridgehead atoms. The number of pyridine rings is 1. The molecule has 0 unspecified atom stereocenters. The molecule has 2 aromatic rings. The van der Waals surface area contributed by atoms with Crippen LogP contribution in [-0.4, -0.2) is 75.4 Å². The molecule has 0 amide bonds. The van der Waals surface area contributed by atoms with Gasteiger partial charge in [-0.05, 0) is 25.0 Å². The van der Waals surface area contributed by atoms with Crippen molar-refractivity contribution in [2.75, 3.05) is 39.3 Å². The van der Waals surface area contributed by atoms with Crippen LogP contribution >= 0.6 is 0 Å². The monoisotopic (exact) mass is 371 g/mol. The van der Waals surface area contributed by atoms with Gasteiger partial charge in [0.1, 0.15) is 11.5 Å². The van der Waals surface area contributed by atoms with E-state index in [2.05, 4.69) is 19.7 Å². The van der Waals surface area contributed by atoms with Crippen molar-refractivity contribution in [2.24, 2.45) is 0 Å². The Morgan fingerprint density at radius 1 is 0.889 bits per heavy atom. The Bertz CT molecular complexity index is 770. The van der Waals surface area contributed by atoms with E-state index in [1.165, 1.54) is 70.5 Å². The Labute approximate surface area is 160 Å². The second kappa shape index (κ2) is 7.49. The molecule has 2 aromatic heterocycles. The first kappa shape index (κ1) is 17.6. The zero-order chi connectivity index (χ0) is 18.2. The predicted molar refractivity (Wildman–Crippen MR) is 104 cm³/mol. The van der Waals surface area contributed by atoms with Crippen molar-refractivity contribution in [2.45, 2.75) is 50.7 Å². The standard InChI is InChI=1S/C21H30FN5/c22-17-6-7-21-23-18(14-27(21)12-17)13-24-15-20(16-24)26-10-8-25(9-11-26)19-4-2-1-3-5-19/h6-7,12,14,19-20H,1-5,8-11,13,15-16H2. The molecule has 5 rings (SSSR count). The van der Waals surface area contributed by atoms with Crippen molar-refractivity contribution >= 4 is 5.65 Å². The maximum Gasteiger partial charge on any atom is 0.139 e. The van der Waals surface area contributed by atoms with Gasteiger partial charge in [0.15, 0.2) is 0 Å². The van der Waals surface area contributed by atoms with Crippen LogP contribution in [0.4, 0.5) is 4.39 Å². The first-order chi connectivity index (χ1) is 13.2. The van der Waals surface area contributed by atoms with Gasteiger partial charge in [-0.2, -0.15) is 0 Å². The van der Waals surface area contributed by atoms with Crippen LogP contribution in [0.1, 0.15) is 37.8 Å². The topological polar surface area (TPSA) is 27.0 Å². The lowest BCUT2D eigenvalue weighted by atomic mass is 9.93. The van der Waals surface area contributed by atoms with Crippen molar-refractivity contribution in [1.29, 1.82) is 0 Å². The van der Waals surface area contributed by atoms with Gasteiger partial charge in [0.05, 0.1) is 5.69 Å². The summed E-state index contributed by atoms with van der Waals surface area (Å²) in [6.07, 6.45) is 10.6. The number of aromatic nitrogens is 2. The first-order valence-electron chi connectivity index (χ1n) is 10.6. The Morgan fingerprint density at radius 2 is 1.59 bits per heavy atom. The molecule has 27 heavy (non-hydrogen) atoms. The van der Waals surface area contributed by atoms with Gasteiger partial charge in [-0.3, -0.25) is 14.7 Å². The Balaban J connectivity index is 1.09. The number of imidazole rings is 1. The summed E-state index contributed by atoms with van der Waals surface area (Å²) in [6, 6.07) is 4.77. The number of halogens is 1. The number of likely N-dealkylation sites (tertiary alicyclic amines) is 1. The zero-order valence-electron chi connectivity index (χ0n) is 16.1. The summed E-state index contributed by atoms with van der Waals surface area (Å²) in [5.41, 5.74) is 1.85. The Morgan fingerprint density at radius 3 is 2.33 bits per heavy atom. The highest BCUT2D eigenvalue weighted by Gasteiger charge is 2.34. The van der Waals surface area contributed by atoms with Gasteiger partial charge in [-0.25, -0.2) is 9.37 Å². The Kier molecular flexibility index (Phi) is 4.88. The molecular weight excluding hydrogens is 341 g/mol. The lowest BCUT2D eigenvalue weighted by molar-refractivity contribution is -0.0108. The molecule has 0 spiro atoms. The summed E-state index contributed by atoms with van der Waals surface area (Å²) in [7, 11) is 0. The fourth-order valence-corrected chi connectivity index (χ4v) is 5.14. The van der Waals surface area contributed by atoms with E-state index in [1.54, 1.807) is 10.5 Å². The fraction of sp³-hybridized carbons (Fsp3) is 0.667. The molecule has 3 fully saturated rings. The lowest BCUT2D eigenvalue weighted by Crippen LogP contribution is -2.63. The number of nitrogens with zero attached hydrogens (tertiary/aromatic N) is 5.